The van der Waals surface area contributed by atoms with E-state index < -0.39 is 5.63 Å². The van der Waals surface area contributed by atoms with E-state index in [0.717, 1.165) is 10.9 Å². The normalized spacial score (nSPS) is 14.5. The van der Waals surface area contributed by atoms with E-state index in [4.69, 9.17) is 13.6 Å². The Hall–Kier alpha value is -3.55. The minimum Gasteiger partial charge on any atom is -0.497 e. The first-order chi connectivity index (χ1) is 15.5. The summed E-state index contributed by atoms with van der Waals surface area (Å²) in [5, 5.41) is 3.85. The summed E-state index contributed by atoms with van der Waals surface area (Å²) in [6, 6.07) is 8.70. The fraction of sp³-hybridized carbons (Fsp3) is 0.375. The van der Waals surface area contributed by atoms with E-state index in [-0.39, 0.29) is 24.3 Å². The highest BCUT2D eigenvalue weighted by Crippen LogP contribution is 2.24. The molecule has 3 aromatic rings. The topological polar surface area (TPSA) is 102 Å². The molecule has 168 valence electrons. The number of furan rings is 1. The lowest BCUT2D eigenvalue weighted by molar-refractivity contribution is -0.122. The number of aryl methyl sites for hydroxylation is 1. The first-order valence-corrected chi connectivity index (χ1v) is 10.7. The number of nitrogens with one attached hydrogen (secondary N) is 1. The zero-order valence-electron chi connectivity index (χ0n) is 18.2. The molecule has 4 rings (SSSR count). The van der Waals surface area contributed by atoms with Gasteiger partial charge in [-0.2, -0.15) is 0 Å². The van der Waals surface area contributed by atoms with Gasteiger partial charge in [0.1, 0.15) is 11.3 Å². The Morgan fingerprint density at radius 2 is 2.00 bits per heavy atom. The molecular weight excluding hydrogens is 412 g/mol. The molecule has 1 aliphatic rings. The van der Waals surface area contributed by atoms with Gasteiger partial charge in [0.15, 0.2) is 5.76 Å². The number of rotatable bonds is 6. The number of nitrogens with zero attached hydrogens (tertiary/aromatic N) is 1. The van der Waals surface area contributed by atoms with Crippen LogP contribution in [0.15, 0.2) is 50.2 Å². The van der Waals surface area contributed by atoms with Crippen LogP contribution < -0.4 is 15.7 Å². The van der Waals surface area contributed by atoms with Crippen LogP contribution in [0.4, 0.5) is 0 Å². The third-order valence-corrected chi connectivity index (χ3v) is 5.98. The monoisotopic (exact) mass is 438 g/mol. The van der Waals surface area contributed by atoms with Gasteiger partial charge in [0, 0.05) is 42.6 Å². The molecule has 2 aromatic heterocycles. The maximum atomic E-state index is 12.5. The van der Waals surface area contributed by atoms with Crippen LogP contribution in [0.5, 0.6) is 5.75 Å². The van der Waals surface area contributed by atoms with E-state index in [0.29, 0.717) is 55.0 Å². The predicted molar refractivity (Wildman–Crippen MR) is 118 cm³/mol. The van der Waals surface area contributed by atoms with Gasteiger partial charge in [-0.25, -0.2) is 4.79 Å². The van der Waals surface area contributed by atoms with Crippen molar-refractivity contribution >= 4 is 22.8 Å². The maximum Gasteiger partial charge on any atom is 0.339 e. The van der Waals surface area contributed by atoms with Gasteiger partial charge in [-0.05, 0) is 56.0 Å². The summed E-state index contributed by atoms with van der Waals surface area (Å²) in [6.45, 7) is 2.98. The summed E-state index contributed by atoms with van der Waals surface area (Å²) < 4.78 is 15.8. The third kappa shape index (κ3) is 4.54. The van der Waals surface area contributed by atoms with Gasteiger partial charge in [-0.1, -0.05) is 0 Å². The van der Waals surface area contributed by atoms with Crippen molar-refractivity contribution < 1.29 is 23.2 Å². The second-order valence-electron chi connectivity index (χ2n) is 7.97. The highest BCUT2D eigenvalue weighted by Gasteiger charge is 2.26. The molecule has 1 fully saturated rings. The lowest BCUT2D eigenvalue weighted by atomic mass is 10.0. The summed E-state index contributed by atoms with van der Waals surface area (Å²) >= 11 is 0. The molecule has 0 bridgehead atoms. The molecule has 1 saturated heterocycles. The quantitative estimate of drug-likeness (QED) is 0.594. The van der Waals surface area contributed by atoms with Gasteiger partial charge in [0.25, 0.3) is 5.91 Å². The van der Waals surface area contributed by atoms with Gasteiger partial charge in [0.05, 0.1) is 13.4 Å². The van der Waals surface area contributed by atoms with E-state index in [1.165, 1.54) is 6.26 Å². The Labute approximate surface area is 185 Å². The number of fused-ring (bicyclic) bond motifs is 1. The van der Waals surface area contributed by atoms with Crippen molar-refractivity contribution in [2.75, 3.05) is 20.2 Å². The van der Waals surface area contributed by atoms with Crippen molar-refractivity contribution in [2.24, 2.45) is 0 Å². The predicted octanol–water partition coefficient (Wildman–Crippen LogP) is 3.06. The van der Waals surface area contributed by atoms with E-state index in [1.54, 1.807) is 30.2 Å². The molecule has 32 heavy (non-hydrogen) atoms. The van der Waals surface area contributed by atoms with Gasteiger partial charge in [0.2, 0.25) is 5.91 Å². The van der Waals surface area contributed by atoms with Crippen LogP contribution in [0.3, 0.4) is 0 Å². The van der Waals surface area contributed by atoms with Gasteiger partial charge >= 0.3 is 5.63 Å². The SMILES string of the molecule is COc1ccc2c(C)c(CCC(=O)NC3CCN(C(=O)c4ccco4)CC3)c(=O)oc2c1. The number of methoxy groups -OCH3 is 1. The molecule has 1 aromatic carbocycles. The second-order valence-corrected chi connectivity index (χ2v) is 7.97. The number of carbonyl (C=O) groups is 2. The molecular formula is C24H26N2O6. The van der Waals surface area contributed by atoms with Crippen LogP contribution in [0.2, 0.25) is 0 Å². The molecule has 0 aliphatic carbocycles. The third-order valence-electron chi connectivity index (χ3n) is 5.98. The lowest BCUT2D eigenvalue weighted by Gasteiger charge is -2.31. The second kappa shape index (κ2) is 9.30. The number of hydrogen-bond donors (Lipinski definition) is 1. The van der Waals surface area contributed by atoms with Gasteiger partial charge in [-0.15, -0.1) is 0 Å². The summed E-state index contributed by atoms with van der Waals surface area (Å²) in [5.41, 5.74) is 1.37. The van der Waals surface area contributed by atoms with Gasteiger partial charge in [-0.3, -0.25) is 9.59 Å². The molecule has 1 N–H and O–H groups in total. The molecule has 8 heteroatoms. The van der Waals surface area contributed by atoms with Crippen molar-refractivity contribution in [2.45, 2.75) is 38.6 Å². The number of amides is 2. The average molecular weight is 438 g/mol. The number of hydrogen-bond acceptors (Lipinski definition) is 6. The largest absolute Gasteiger partial charge is 0.497 e. The molecule has 0 saturated carbocycles. The average Bonchev–Trinajstić information content (AvgIpc) is 3.33. The van der Waals surface area contributed by atoms with Crippen molar-refractivity contribution in [1.82, 2.24) is 10.2 Å². The number of piperidine rings is 1. The summed E-state index contributed by atoms with van der Waals surface area (Å²) in [6.07, 6.45) is 3.33. The van der Waals surface area contributed by atoms with E-state index in [1.807, 2.05) is 19.1 Å². The summed E-state index contributed by atoms with van der Waals surface area (Å²) in [4.78, 5) is 39.0. The number of carbonyl (C=O) groups excluding carboxylic acids is 2. The zero-order chi connectivity index (χ0) is 22.7. The van der Waals surface area contributed by atoms with Crippen molar-refractivity contribution in [3.63, 3.8) is 0 Å². The molecule has 1 aliphatic heterocycles. The maximum absolute atomic E-state index is 12.5. The van der Waals surface area contributed by atoms with E-state index >= 15 is 0 Å². The van der Waals surface area contributed by atoms with Crippen molar-refractivity contribution in [3.8, 4) is 5.75 Å². The van der Waals surface area contributed by atoms with Crippen LogP contribution in [-0.4, -0.2) is 43.0 Å². The standard InChI is InChI=1S/C24H26N2O6/c1-15-18-6-5-17(30-2)14-21(18)32-24(29)19(15)7-8-22(27)25-16-9-11-26(12-10-16)23(28)20-4-3-13-31-20/h3-6,13-14,16H,7-12H2,1-2H3,(H,25,27). The molecule has 3 heterocycles. The minimum absolute atomic E-state index is 0.00438. The molecule has 2 amide bonds. The molecule has 8 nitrogen and oxygen atoms in total. The van der Waals surface area contributed by atoms with Crippen LogP contribution >= 0.6 is 0 Å². The first-order valence-electron chi connectivity index (χ1n) is 10.7. The Balaban J connectivity index is 1.32. The van der Waals surface area contributed by atoms with Crippen molar-refractivity contribution in [1.29, 1.82) is 0 Å². The van der Waals surface area contributed by atoms with Gasteiger partial charge < -0.3 is 23.8 Å². The zero-order valence-corrected chi connectivity index (χ0v) is 18.2. The number of benzene rings is 1. The smallest absolute Gasteiger partial charge is 0.339 e. The molecule has 0 radical (unpaired) electrons. The minimum atomic E-state index is -0.430. The van der Waals surface area contributed by atoms with Crippen LogP contribution in [0, 0.1) is 6.92 Å². The number of ether oxygens (including phenoxy) is 1. The molecule has 0 spiro atoms. The molecule has 0 unspecified atom stereocenters. The van der Waals surface area contributed by atoms with Crippen LogP contribution in [-0.2, 0) is 11.2 Å². The number of likely N-dealkylation sites (tertiary alicyclic amines) is 1. The Kier molecular flexibility index (Phi) is 6.30. The van der Waals surface area contributed by atoms with Crippen LogP contribution in [0.25, 0.3) is 11.0 Å². The summed E-state index contributed by atoms with van der Waals surface area (Å²) in [7, 11) is 1.56. The highest BCUT2D eigenvalue weighted by molar-refractivity contribution is 5.91. The fourth-order valence-electron chi connectivity index (χ4n) is 4.11. The molecule has 0 atom stereocenters. The van der Waals surface area contributed by atoms with Crippen molar-refractivity contribution in [3.05, 3.63) is 63.9 Å². The Morgan fingerprint density at radius 3 is 2.69 bits per heavy atom. The van der Waals surface area contributed by atoms with E-state index in [9.17, 15) is 14.4 Å². The Morgan fingerprint density at radius 1 is 1.22 bits per heavy atom. The fourth-order valence-corrected chi connectivity index (χ4v) is 4.11. The Bertz CT molecular complexity index is 1170. The first kappa shape index (κ1) is 21.7. The lowest BCUT2D eigenvalue weighted by Crippen LogP contribution is -2.46. The van der Waals surface area contributed by atoms with E-state index in [2.05, 4.69) is 5.32 Å². The summed E-state index contributed by atoms with van der Waals surface area (Å²) in [5.74, 6) is 0.699. The highest BCUT2D eigenvalue weighted by atomic mass is 16.5. The van der Waals surface area contributed by atoms with Crippen LogP contribution in [0.1, 0.15) is 40.9 Å².